The molecule has 1 unspecified atom stereocenters. The summed E-state index contributed by atoms with van der Waals surface area (Å²) >= 11 is 0. The van der Waals surface area contributed by atoms with Gasteiger partial charge in [0.25, 0.3) is 11.8 Å². The van der Waals surface area contributed by atoms with Crippen molar-refractivity contribution in [2.75, 3.05) is 59.5 Å². The number of ether oxygens (including phenoxy) is 1. The summed E-state index contributed by atoms with van der Waals surface area (Å²) < 4.78 is 8.97. The Morgan fingerprint density at radius 1 is 0.986 bits per heavy atom. The monoisotopic (exact) mass is 972 g/mol. The molecule has 3 aromatic carbocycles. The molecule has 4 atom stereocenters. The number of likely N-dealkylation sites (N-methyl/N-ethyl adjacent to an activating group) is 1. The molecule has 1 aromatic heterocycles. The van der Waals surface area contributed by atoms with Crippen LogP contribution < -0.4 is 10.7 Å². The first-order valence-electron chi connectivity index (χ1n) is 25.5. The number of amides is 4. The Hall–Kier alpha value is -5.87. The fourth-order valence-corrected chi connectivity index (χ4v) is 11.5. The van der Waals surface area contributed by atoms with Crippen molar-refractivity contribution in [3.8, 4) is 28.1 Å². The number of nitrogens with one attached hydrogen (secondary N) is 2. The van der Waals surface area contributed by atoms with Gasteiger partial charge < -0.3 is 44.3 Å². The number of aldehydes is 1. The lowest BCUT2D eigenvalue weighted by Crippen LogP contribution is -2.66. The minimum absolute atomic E-state index is 0.00474. The van der Waals surface area contributed by atoms with Crippen molar-refractivity contribution in [2.45, 2.75) is 116 Å². The van der Waals surface area contributed by atoms with E-state index in [4.69, 9.17) is 4.74 Å². The Morgan fingerprint density at radius 3 is 2.46 bits per heavy atom. The summed E-state index contributed by atoms with van der Waals surface area (Å²) in [4.78, 5) is 74.3. The fraction of sp³-hybridized carbons (Fsp3) is 0.518. The molecule has 0 aliphatic carbocycles. The van der Waals surface area contributed by atoms with E-state index in [-0.39, 0.29) is 44.8 Å². The lowest BCUT2D eigenvalue weighted by molar-refractivity contribution is -0.156. The molecule has 4 aliphatic heterocycles. The number of aromatic hydroxyl groups is 1. The number of hydrogen-bond acceptors (Lipinski definition) is 10. The Morgan fingerprint density at radius 2 is 1.75 bits per heavy atom. The number of aryl methyl sites for hydroxylation is 1. The van der Waals surface area contributed by atoms with E-state index in [1.165, 1.54) is 57.1 Å². The van der Waals surface area contributed by atoms with Crippen molar-refractivity contribution < 1.29 is 38.9 Å². The van der Waals surface area contributed by atoms with Gasteiger partial charge in [0.2, 0.25) is 11.8 Å². The van der Waals surface area contributed by atoms with Crippen molar-refractivity contribution in [2.24, 2.45) is 11.3 Å². The van der Waals surface area contributed by atoms with Crippen LogP contribution in [0.5, 0.6) is 5.75 Å². The van der Waals surface area contributed by atoms with Crippen molar-refractivity contribution in [1.29, 1.82) is 0 Å². The molecule has 4 aromatic rings. The van der Waals surface area contributed by atoms with Crippen LogP contribution in [0.25, 0.3) is 33.3 Å². The summed E-state index contributed by atoms with van der Waals surface area (Å²) in [5.74, 6) is -2.76. The molecule has 5 heterocycles. The lowest BCUT2D eigenvalue weighted by Gasteiger charge is -2.42. The molecule has 4 N–H and O–H groups in total. The van der Waals surface area contributed by atoms with Gasteiger partial charge in [-0.05, 0) is 128 Å². The van der Waals surface area contributed by atoms with Gasteiger partial charge in [-0.25, -0.2) is 5.43 Å². The molecule has 4 aliphatic rings. The first kappa shape index (κ1) is 51.5. The standard InChI is InChI=1S/C56H73N7O8/c1-8-48(66)61-26-21-56(70,33-61)53(69)59(7)49(37(3)4)51(67)57-46-29-38-27-41(30-42(65)28-38)40-17-18-47-44(31-40)45(32-54(5,6)35-71-36-55(34-64)20-14-24-63(58-55)52(46)68)50(62(47)9-2)43-16-11-10-15-39(43)19-25-60-22-12-13-23-60/h8,10-11,15-18,27-28,30-31,34,37,46,49,58,65,70H,1,9,12-14,19-26,29,32-33,35-36H2,2-7H3,(H,57,67)/t46-,49-,55-,56?/m0/s1. The quantitative estimate of drug-likeness (QED) is 0.102. The highest BCUT2D eigenvalue weighted by Gasteiger charge is 2.48. The summed E-state index contributed by atoms with van der Waals surface area (Å²) in [6.07, 6.45) is 6.85. The molecular weight excluding hydrogens is 899 g/mol. The van der Waals surface area contributed by atoms with Gasteiger partial charge in [0.05, 0.1) is 25.5 Å². The van der Waals surface area contributed by atoms with E-state index in [1.807, 2.05) is 6.07 Å². The number of aromatic nitrogens is 1. The molecular formula is C56H73N7O8. The smallest absolute Gasteiger partial charge is 0.259 e. The number of hydrogen-bond donors (Lipinski definition) is 4. The highest BCUT2D eigenvalue weighted by Crippen LogP contribution is 2.42. The second-order valence-corrected chi connectivity index (χ2v) is 21.6. The number of aliphatic hydroxyl groups is 1. The zero-order chi connectivity index (χ0) is 50.8. The number of benzene rings is 3. The average molecular weight is 972 g/mol. The normalized spacial score (nSPS) is 23.4. The van der Waals surface area contributed by atoms with Crippen LogP contribution in [0.2, 0.25) is 0 Å². The second-order valence-electron chi connectivity index (χ2n) is 21.6. The van der Waals surface area contributed by atoms with Crippen LogP contribution in [0.1, 0.15) is 83.4 Å². The highest BCUT2D eigenvalue weighted by molar-refractivity contribution is 5.97. The van der Waals surface area contributed by atoms with Crippen LogP contribution in [0.15, 0.2) is 73.3 Å². The van der Waals surface area contributed by atoms with Crippen molar-refractivity contribution in [1.82, 2.24) is 35.0 Å². The van der Waals surface area contributed by atoms with Crippen LogP contribution in [0.4, 0.5) is 0 Å². The maximum atomic E-state index is 14.9. The molecule has 0 radical (unpaired) electrons. The largest absolute Gasteiger partial charge is 0.508 e. The van der Waals surface area contributed by atoms with E-state index in [9.17, 15) is 34.2 Å². The predicted molar refractivity (Wildman–Crippen MR) is 274 cm³/mol. The first-order valence-corrected chi connectivity index (χ1v) is 25.5. The maximum absolute atomic E-state index is 14.9. The van der Waals surface area contributed by atoms with Gasteiger partial charge in [-0.1, -0.05) is 70.7 Å². The van der Waals surface area contributed by atoms with Crippen LogP contribution in [-0.2, 0) is 54.5 Å². The van der Waals surface area contributed by atoms with Crippen molar-refractivity contribution in [3.05, 3.63) is 90.0 Å². The van der Waals surface area contributed by atoms with Gasteiger partial charge in [-0.2, -0.15) is 0 Å². The van der Waals surface area contributed by atoms with Gasteiger partial charge in [0, 0.05) is 62.5 Å². The van der Waals surface area contributed by atoms with E-state index < -0.39 is 58.2 Å². The summed E-state index contributed by atoms with van der Waals surface area (Å²) in [7, 11) is 1.44. The molecule has 0 saturated carbocycles. The van der Waals surface area contributed by atoms with E-state index in [0.717, 1.165) is 67.0 Å². The first-order chi connectivity index (χ1) is 33.9. The van der Waals surface area contributed by atoms with E-state index >= 15 is 0 Å². The third-order valence-corrected chi connectivity index (χ3v) is 15.1. The molecule has 3 saturated heterocycles. The van der Waals surface area contributed by atoms with Crippen molar-refractivity contribution in [3.63, 3.8) is 0 Å². The van der Waals surface area contributed by atoms with Crippen molar-refractivity contribution >= 4 is 40.8 Å². The minimum atomic E-state index is -1.93. The Bertz CT molecular complexity index is 2670. The summed E-state index contributed by atoms with van der Waals surface area (Å²) in [6.45, 7) is 18.1. The molecule has 0 spiro atoms. The van der Waals surface area contributed by atoms with Gasteiger partial charge in [0.15, 0.2) is 5.60 Å². The number of phenols is 1. The van der Waals surface area contributed by atoms with Crippen LogP contribution in [-0.4, -0.2) is 147 Å². The third-order valence-electron chi connectivity index (χ3n) is 15.1. The number of likely N-dealkylation sites (tertiary alicyclic amines) is 2. The van der Waals surface area contributed by atoms with Crippen LogP contribution >= 0.6 is 0 Å². The molecule has 4 amide bonds. The van der Waals surface area contributed by atoms with Gasteiger partial charge >= 0.3 is 0 Å². The molecule has 8 rings (SSSR count). The number of phenolic OH excluding ortho intramolecular Hbond substituents is 1. The fourth-order valence-electron chi connectivity index (χ4n) is 11.5. The lowest BCUT2D eigenvalue weighted by atomic mass is 9.83. The minimum Gasteiger partial charge on any atom is -0.508 e. The van der Waals surface area contributed by atoms with Crippen LogP contribution in [0, 0.1) is 11.3 Å². The van der Waals surface area contributed by atoms with Gasteiger partial charge in [-0.15, -0.1) is 0 Å². The Balaban J connectivity index is 1.20. The maximum Gasteiger partial charge on any atom is 0.259 e. The SMILES string of the molecule is C=CC(=O)N1CCC(O)(C(=O)N(C)[C@H](C(=O)N[C@H]2Cc3cc(O)cc(c3)-c3ccc4c(c3)c(c(-c3ccccc3CCN3CCCC3)n4CC)CC(C)(C)COC[C@@]3(C=O)CCCN(N3)C2=O)C(C)C)C1. The van der Waals surface area contributed by atoms with E-state index in [1.54, 1.807) is 26.0 Å². The topological polar surface area (TPSA) is 177 Å². The number of carbonyl (C=O) groups excluding carboxylic acids is 5. The Labute approximate surface area is 418 Å². The predicted octanol–water partition coefficient (Wildman–Crippen LogP) is 5.66. The number of carbonyl (C=O) groups is 5. The molecule has 380 valence electrons. The second kappa shape index (κ2) is 21.1. The highest BCUT2D eigenvalue weighted by atomic mass is 16.5. The molecule has 6 bridgehead atoms. The summed E-state index contributed by atoms with van der Waals surface area (Å²) in [6, 6.07) is 18.0. The number of fused-ring (bicyclic) bond motifs is 6. The zero-order valence-electron chi connectivity index (χ0n) is 42.5. The number of hydrazine groups is 1. The number of rotatable bonds is 12. The Kier molecular flexibility index (Phi) is 15.3. The van der Waals surface area contributed by atoms with E-state index in [0.29, 0.717) is 31.4 Å². The van der Waals surface area contributed by atoms with Gasteiger partial charge in [0.1, 0.15) is 29.7 Å². The van der Waals surface area contributed by atoms with Crippen LogP contribution in [0.3, 0.4) is 0 Å². The molecule has 15 nitrogen and oxygen atoms in total. The molecule has 3 fully saturated rings. The zero-order valence-corrected chi connectivity index (χ0v) is 42.5. The average Bonchev–Trinajstić information content (AvgIpc) is 4.10. The summed E-state index contributed by atoms with van der Waals surface area (Å²) in [5.41, 5.74) is 7.78. The van der Waals surface area contributed by atoms with E-state index in [2.05, 4.69) is 90.0 Å². The molecule has 15 heteroatoms. The molecule has 71 heavy (non-hydrogen) atoms. The summed E-state index contributed by atoms with van der Waals surface area (Å²) in [5, 5.41) is 28.4. The third kappa shape index (κ3) is 10.8. The van der Waals surface area contributed by atoms with Gasteiger partial charge in [-0.3, -0.25) is 24.2 Å². The number of nitrogens with zero attached hydrogens (tertiary/aromatic N) is 5. The number of β-amino-alcohol motifs (C(OH)–C–C–N with tert-alkyl or cyclic N) is 1.